The van der Waals surface area contributed by atoms with Crippen LogP contribution in [0.2, 0.25) is 5.02 Å². The molecule has 2 aromatic carbocycles. The van der Waals surface area contributed by atoms with Crippen molar-refractivity contribution in [2.45, 2.75) is 12.6 Å². The minimum atomic E-state index is -0.185. The van der Waals surface area contributed by atoms with Crippen LogP contribution >= 0.6 is 11.6 Å². The van der Waals surface area contributed by atoms with Gasteiger partial charge in [-0.1, -0.05) is 23.7 Å². The molecule has 0 spiro atoms. The first kappa shape index (κ1) is 17.0. The van der Waals surface area contributed by atoms with E-state index in [1.807, 2.05) is 47.5 Å². The van der Waals surface area contributed by atoms with Gasteiger partial charge in [-0.05, 0) is 42.0 Å². The zero-order valence-electron chi connectivity index (χ0n) is 15.0. The molecule has 5 rings (SSSR count). The van der Waals surface area contributed by atoms with E-state index < -0.39 is 0 Å². The molecule has 6 nitrogen and oxygen atoms in total. The van der Waals surface area contributed by atoms with Crippen LogP contribution in [0, 0.1) is 0 Å². The van der Waals surface area contributed by atoms with E-state index in [1.54, 1.807) is 12.1 Å². The summed E-state index contributed by atoms with van der Waals surface area (Å²) in [5.41, 5.74) is 2.77. The summed E-state index contributed by atoms with van der Waals surface area (Å²) in [7, 11) is 0. The number of hydrogen-bond donors (Lipinski definition) is 1. The fourth-order valence-corrected chi connectivity index (χ4v) is 3.89. The average Bonchev–Trinajstić information content (AvgIpc) is 3.36. The first-order valence-electron chi connectivity index (χ1n) is 9.07. The number of carbonyl (C=O) groups excluding carboxylic acids is 1. The van der Waals surface area contributed by atoms with Gasteiger partial charge in [0.2, 0.25) is 6.79 Å². The maximum atomic E-state index is 13.2. The lowest BCUT2D eigenvalue weighted by atomic mass is 10.0. The molecule has 2 aliphatic rings. The molecule has 1 N–H and O–H groups in total. The molecule has 3 aromatic rings. The number of urea groups is 1. The van der Waals surface area contributed by atoms with Gasteiger partial charge < -0.3 is 24.3 Å². The molecule has 3 heterocycles. The number of amides is 2. The zero-order valence-corrected chi connectivity index (χ0v) is 15.7. The summed E-state index contributed by atoms with van der Waals surface area (Å²) < 4.78 is 12.9. The molecule has 2 aliphatic heterocycles. The highest BCUT2D eigenvalue weighted by molar-refractivity contribution is 6.30. The summed E-state index contributed by atoms with van der Waals surface area (Å²) in [6, 6.07) is 16.8. The largest absolute Gasteiger partial charge is 0.454 e. The van der Waals surface area contributed by atoms with Crippen molar-refractivity contribution in [2.75, 3.05) is 18.7 Å². The molecule has 1 aromatic heterocycles. The molecule has 0 unspecified atom stereocenters. The van der Waals surface area contributed by atoms with E-state index in [0.29, 0.717) is 28.8 Å². The number of ether oxygens (including phenoxy) is 2. The summed E-state index contributed by atoms with van der Waals surface area (Å²) in [6.07, 6.45) is 2.05. The van der Waals surface area contributed by atoms with Crippen molar-refractivity contribution in [2.24, 2.45) is 0 Å². The Labute approximate surface area is 167 Å². The number of aromatic nitrogens is 1. The van der Waals surface area contributed by atoms with Gasteiger partial charge in [0.15, 0.2) is 11.5 Å². The van der Waals surface area contributed by atoms with Gasteiger partial charge in [-0.15, -0.1) is 0 Å². The highest BCUT2D eigenvalue weighted by Gasteiger charge is 2.32. The summed E-state index contributed by atoms with van der Waals surface area (Å²) in [5.74, 6) is 1.33. The fourth-order valence-electron chi connectivity index (χ4n) is 3.77. The van der Waals surface area contributed by atoms with Crippen molar-refractivity contribution in [3.63, 3.8) is 0 Å². The van der Waals surface area contributed by atoms with Crippen LogP contribution in [0.1, 0.15) is 17.3 Å². The van der Waals surface area contributed by atoms with Gasteiger partial charge in [-0.25, -0.2) is 4.79 Å². The topological polar surface area (TPSA) is 55.7 Å². The normalized spacial score (nSPS) is 17.3. The third kappa shape index (κ3) is 2.96. The highest BCUT2D eigenvalue weighted by atomic mass is 35.5. The van der Waals surface area contributed by atoms with Gasteiger partial charge in [-0.2, -0.15) is 0 Å². The Morgan fingerprint density at radius 2 is 1.86 bits per heavy atom. The van der Waals surface area contributed by atoms with E-state index in [2.05, 4.69) is 16.0 Å². The maximum Gasteiger partial charge on any atom is 0.322 e. The van der Waals surface area contributed by atoms with Gasteiger partial charge in [0.05, 0.1) is 6.04 Å². The van der Waals surface area contributed by atoms with Crippen LogP contribution in [0.25, 0.3) is 0 Å². The Morgan fingerprint density at radius 1 is 1.04 bits per heavy atom. The molecule has 0 bridgehead atoms. The Balaban J connectivity index is 1.45. The molecular weight excluding hydrogens is 378 g/mol. The minimum Gasteiger partial charge on any atom is -0.454 e. The van der Waals surface area contributed by atoms with Crippen LogP contribution in [0.15, 0.2) is 60.8 Å². The molecule has 1 atom stereocenters. The van der Waals surface area contributed by atoms with Gasteiger partial charge >= 0.3 is 6.03 Å². The van der Waals surface area contributed by atoms with E-state index in [0.717, 1.165) is 17.8 Å². The second-order valence-corrected chi connectivity index (χ2v) is 7.21. The van der Waals surface area contributed by atoms with E-state index in [9.17, 15) is 4.79 Å². The van der Waals surface area contributed by atoms with E-state index in [4.69, 9.17) is 21.1 Å². The van der Waals surface area contributed by atoms with Gasteiger partial charge in [0, 0.05) is 41.8 Å². The molecule has 0 saturated heterocycles. The van der Waals surface area contributed by atoms with Crippen molar-refractivity contribution >= 4 is 23.3 Å². The lowest BCUT2D eigenvalue weighted by molar-refractivity contribution is 0.174. The summed E-state index contributed by atoms with van der Waals surface area (Å²) >= 11 is 6.06. The molecule has 142 valence electrons. The smallest absolute Gasteiger partial charge is 0.322 e. The molecule has 28 heavy (non-hydrogen) atoms. The lowest BCUT2D eigenvalue weighted by Crippen LogP contribution is -2.44. The number of carbonyl (C=O) groups is 1. The van der Waals surface area contributed by atoms with Crippen molar-refractivity contribution in [3.8, 4) is 11.5 Å². The molecule has 0 aliphatic carbocycles. The van der Waals surface area contributed by atoms with Crippen LogP contribution in [0.3, 0.4) is 0 Å². The number of nitrogens with one attached hydrogen (secondary N) is 1. The average molecular weight is 396 g/mol. The van der Waals surface area contributed by atoms with Crippen LogP contribution in [0.4, 0.5) is 10.5 Å². The second kappa shape index (κ2) is 6.80. The van der Waals surface area contributed by atoms with E-state index >= 15 is 0 Å². The van der Waals surface area contributed by atoms with E-state index in [-0.39, 0.29) is 18.9 Å². The van der Waals surface area contributed by atoms with Gasteiger partial charge in [0.25, 0.3) is 0 Å². The number of rotatable bonds is 2. The zero-order chi connectivity index (χ0) is 19.1. The summed E-state index contributed by atoms with van der Waals surface area (Å²) in [6.45, 7) is 1.56. The number of anilines is 1. The summed E-state index contributed by atoms with van der Waals surface area (Å²) in [5, 5.41) is 3.66. The van der Waals surface area contributed by atoms with Crippen LogP contribution < -0.4 is 14.8 Å². The first-order valence-corrected chi connectivity index (χ1v) is 9.44. The van der Waals surface area contributed by atoms with Crippen LogP contribution in [-0.2, 0) is 6.54 Å². The van der Waals surface area contributed by atoms with Crippen molar-refractivity contribution in [3.05, 3.63) is 77.1 Å². The van der Waals surface area contributed by atoms with Crippen molar-refractivity contribution in [1.29, 1.82) is 0 Å². The standard InChI is InChI=1S/C21H18ClN3O3/c22-15-5-3-14(4-6-15)20-17-2-1-9-24(17)10-11-25(20)21(26)23-16-7-8-18-19(12-16)28-13-27-18/h1-9,12,20H,10-11,13H2,(H,23,26)/t20-/m0/s1. The number of halogens is 1. The molecule has 0 fully saturated rings. The predicted octanol–water partition coefficient (Wildman–Crippen LogP) is 4.51. The Bertz CT molecular complexity index is 1030. The maximum absolute atomic E-state index is 13.2. The lowest BCUT2D eigenvalue weighted by Gasteiger charge is -2.37. The van der Waals surface area contributed by atoms with Crippen molar-refractivity contribution < 1.29 is 14.3 Å². The van der Waals surface area contributed by atoms with Gasteiger partial charge in [0.1, 0.15) is 0 Å². The van der Waals surface area contributed by atoms with E-state index in [1.165, 1.54) is 0 Å². The molecule has 0 saturated carbocycles. The summed E-state index contributed by atoms with van der Waals surface area (Å²) in [4.78, 5) is 15.0. The Morgan fingerprint density at radius 3 is 2.71 bits per heavy atom. The van der Waals surface area contributed by atoms with Crippen LogP contribution in [0.5, 0.6) is 11.5 Å². The molecule has 7 heteroatoms. The third-order valence-electron chi connectivity index (χ3n) is 5.11. The van der Waals surface area contributed by atoms with Gasteiger partial charge in [-0.3, -0.25) is 0 Å². The fraction of sp³-hybridized carbons (Fsp3) is 0.190. The monoisotopic (exact) mass is 395 g/mol. The third-order valence-corrected chi connectivity index (χ3v) is 5.36. The molecule has 2 amide bonds. The number of benzene rings is 2. The highest BCUT2D eigenvalue weighted by Crippen LogP contribution is 2.36. The first-order chi connectivity index (χ1) is 13.7. The number of nitrogens with zero attached hydrogens (tertiary/aromatic N) is 2. The number of hydrogen-bond acceptors (Lipinski definition) is 3. The Hall–Kier alpha value is -3.12. The minimum absolute atomic E-state index is 0.161. The quantitative estimate of drug-likeness (QED) is 0.694. The molecule has 0 radical (unpaired) electrons. The SMILES string of the molecule is O=C(Nc1ccc2c(c1)OCO2)N1CCn2cccc2[C@@H]1c1ccc(Cl)cc1. The number of fused-ring (bicyclic) bond motifs is 2. The second-order valence-electron chi connectivity index (χ2n) is 6.77. The van der Waals surface area contributed by atoms with Crippen molar-refractivity contribution in [1.82, 2.24) is 9.47 Å². The van der Waals surface area contributed by atoms with Crippen LogP contribution in [-0.4, -0.2) is 28.8 Å². The molecular formula is C21H18ClN3O3. The predicted molar refractivity (Wildman–Crippen MR) is 106 cm³/mol. The Kier molecular flexibility index (Phi) is 4.13.